The van der Waals surface area contributed by atoms with E-state index in [9.17, 15) is 4.79 Å². The van der Waals surface area contributed by atoms with Gasteiger partial charge in [0.1, 0.15) is 11.9 Å². The predicted molar refractivity (Wildman–Crippen MR) is 107 cm³/mol. The molecule has 2 heterocycles. The summed E-state index contributed by atoms with van der Waals surface area (Å²) in [6.45, 7) is 6.57. The SMILES string of the molecule is CC(=O)NC(C)c1ccc(OC2CN(c3ccc4c(c3)OCCCO4)C2)cc1. The van der Waals surface area contributed by atoms with Crippen LogP contribution in [-0.2, 0) is 4.79 Å². The molecule has 2 aliphatic rings. The number of carbonyl (C=O) groups excluding carboxylic acids is 1. The number of hydrogen-bond acceptors (Lipinski definition) is 5. The molecule has 0 bridgehead atoms. The first-order valence-electron chi connectivity index (χ1n) is 9.77. The van der Waals surface area contributed by atoms with Crippen molar-refractivity contribution in [2.24, 2.45) is 0 Å². The van der Waals surface area contributed by atoms with Gasteiger partial charge in [0, 0.05) is 25.1 Å². The molecule has 0 spiro atoms. The number of anilines is 1. The second kappa shape index (κ2) is 8.00. The van der Waals surface area contributed by atoms with E-state index in [2.05, 4.69) is 22.3 Å². The van der Waals surface area contributed by atoms with Gasteiger partial charge in [-0.15, -0.1) is 0 Å². The summed E-state index contributed by atoms with van der Waals surface area (Å²) in [6.07, 6.45) is 1.07. The Morgan fingerprint density at radius 2 is 1.82 bits per heavy atom. The molecule has 0 aromatic heterocycles. The summed E-state index contributed by atoms with van der Waals surface area (Å²) in [6, 6.07) is 14.0. The van der Waals surface area contributed by atoms with E-state index in [4.69, 9.17) is 14.2 Å². The van der Waals surface area contributed by atoms with Crippen LogP contribution >= 0.6 is 0 Å². The summed E-state index contributed by atoms with van der Waals surface area (Å²) in [7, 11) is 0. The summed E-state index contributed by atoms with van der Waals surface area (Å²) in [5.41, 5.74) is 2.19. The van der Waals surface area contributed by atoms with Crippen LogP contribution in [0.3, 0.4) is 0 Å². The number of hydrogen-bond donors (Lipinski definition) is 1. The van der Waals surface area contributed by atoms with Crippen LogP contribution in [-0.4, -0.2) is 38.3 Å². The van der Waals surface area contributed by atoms with Gasteiger partial charge in [-0.1, -0.05) is 12.1 Å². The minimum Gasteiger partial charge on any atom is -0.490 e. The lowest BCUT2D eigenvalue weighted by Gasteiger charge is -2.40. The molecule has 0 radical (unpaired) electrons. The van der Waals surface area contributed by atoms with Crippen molar-refractivity contribution in [2.75, 3.05) is 31.2 Å². The summed E-state index contributed by atoms with van der Waals surface area (Å²) in [5, 5.41) is 2.89. The first-order chi connectivity index (χ1) is 13.6. The zero-order valence-corrected chi connectivity index (χ0v) is 16.3. The monoisotopic (exact) mass is 382 g/mol. The zero-order valence-electron chi connectivity index (χ0n) is 16.3. The number of amides is 1. The van der Waals surface area contributed by atoms with Crippen molar-refractivity contribution in [3.8, 4) is 17.2 Å². The van der Waals surface area contributed by atoms with Gasteiger partial charge in [-0.25, -0.2) is 0 Å². The second-order valence-corrected chi connectivity index (χ2v) is 7.32. The van der Waals surface area contributed by atoms with E-state index < -0.39 is 0 Å². The third-order valence-corrected chi connectivity index (χ3v) is 5.05. The largest absolute Gasteiger partial charge is 0.490 e. The summed E-state index contributed by atoms with van der Waals surface area (Å²) in [5.74, 6) is 2.46. The van der Waals surface area contributed by atoms with E-state index in [1.165, 1.54) is 6.92 Å². The molecule has 1 unspecified atom stereocenters. The summed E-state index contributed by atoms with van der Waals surface area (Å²) < 4.78 is 17.5. The van der Waals surface area contributed by atoms with Gasteiger partial charge in [0.25, 0.3) is 0 Å². The number of nitrogens with one attached hydrogen (secondary N) is 1. The van der Waals surface area contributed by atoms with Crippen LogP contribution in [0.15, 0.2) is 42.5 Å². The van der Waals surface area contributed by atoms with Crippen LogP contribution in [0.2, 0.25) is 0 Å². The van der Waals surface area contributed by atoms with Gasteiger partial charge < -0.3 is 24.4 Å². The lowest BCUT2D eigenvalue weighted by molar-refractivity contribution is -0.119. The van der Waals surface area contributed by atoms with Crippen molar-refractivity contribution in [1.82, 2.24) is 5.32 Å². The maximum Gasteiger partial charge on any atom is 0.217 e. The number of nitrogens with zero attached hydrogens (tertiary/aromatic N) is 1. The molecular formula is C22H26N2O4. The van der Waals surface area contributed by atoms with Crippen LogP contribution in [0.1, 0.15) is 31.9 Å². The molecule has 0 saturated carbocycles. The molecule has 6 heteroatoms. The maximum atomic E-state index is 11.2. The third kappa shape index (κ3) is 4.16. The molecular weight excluding hydrogens is 356 g/mol. The number of carbonyl (C=O) groups is 1. The fraction of sp³-hybridized carbons (Fsp3) is 0.409. The minimum atomic E-state index is -0.0304. The van der Waals surface area contributed by atoms with E-state index in [0.29, 0.717) is 13.2 Å². The van der Waals surface area contributed by atoms with Crippen molar-refractivity contribution >= 4 is 11.6 Å². The van der Waals surface area contributed by atoms with Gasteiger partial charge in [0.15, 0.2) is 11.5 Å². The molecule has 2 aromatic rings. The average Bonchev–Trinajstić information content (AvgIpc) is 2.89. The van der Waals surface area contributed by atoms with Gasteiger partial charge in [-0.3, -0.25) is 4.79 Å². The van der Waals surface area contributed by atoms with Crippen LogP contribution in [0.4, 0.5) is 5.69 Å². The first-order valence-corrected chi connectivity index (χ1v) is 9.77. The Kier molecular flexibility index (Phi) is 5.28. The molecule has 1 atom stereocenters. The highest BCUT2D eigenvalue weighted by Crippen LogP contribution is 2.35. The normalized spacial score (nSPS) is 17.3. The van der Waals surface area contributed by atoms with Crippen molar-refractivity contribution < 1.29 is 19.0 Å². The van der Waals surface area contributed by atoms with Crippen LogP contribution in [0.5, 0.6) is 17.2 Å². The fourth-order valence-corrected chi connectivity index (χ4v) is 3.49. The summed E-state index contributed by atoms with van der Waals surface area (Å²) in [4.78, 5) is 13.4. The summed E-state index contributed by atoms with van der Waals surface area (Å²) >= 11 is 0. The Labute approximate surface area is 165 Å². The van der Waals surface area contributed by atoms with E-state index >= 15 is 0 Å². The van der Waals surface area contributed by atoms with Gasteiger partial charge >= 0.3 is 0 Å². The molecule has 1 N–H and O–H groups in total. The minimum absolute atomic E-state index is 0.00912. The molecule has 148 valence electrons. The Hall–Kier alpha value is -2.89. The van der Waals surface area contributed by atoms with Crippen molar-refractivity contribution in [1.29, 1.82) is 0 Å². The molecule has 0 aliphatic carbocycles. The molecule has 6 nitrogen and oxygen atoms in total. The lowest BCUT2D eigenvalue weighted by atomic mass is 10.1. The Bertz CT molecular complexity index is 831. The van der Waals surface area contributed by atoms with Gasteiger partial charge in [0.05, 0.1) is 32.3 Å². The Morgan fingerprint density at radius 1 is 1.11 bits per heavy atom. The van der Waals surface area contributed by atoms with Crippen molar-refractivity contribution in [3.63, 3.8) is 0 Å². The van der Waals surface area contributed by atoms with E-state index in [0.717, 1.165) is 48.0 Å². The van der Waals surface area contributed by atoms with Crippen LogP contribution in [0, 0.1) is 0 Å². The standard InChI is InChI=1S/C22H26N2O4/c1-15(23-16(2)25)17-4-7-19(8-5-17)28-20-13-24(14-20)18-6-9-21-22(12-18)27-11-3-10-26-21/h4-9,12,15,20H,3,10-11,13-14H2,1-2H3,(H,23,25). The number of ether oxygens (including phenoxy) is 3. The number of benzene rings is 2. The molecule has 1 saturated heterocycles. The van der Waals surface area contributed by atoms with Crippen LogP contribution < -0.4 is 24.4 Å². The smallest absolute Gasteiger partial charge is 0.217 e. The molecule has 2 aromatic carbocycles. The number of fused-ring (bicyclic) bond motifs is 1. The lowest BCUT2D eigenvalue weighted by Crippen LogP contribution is -2.54. The predicted octanol–water partition coefficient (Wildman–Crippen LogP) is 3.31. The van der Waals surface area contributed by atoms with Crippen molar-refractivity contribution in [2.45, 2.75) is 32.4 Å². The first kappa shape index (κ1) is 18.5. The highest BCUT2D eigenvalue weighted by atomic mass is 16.5. The van der Waals surface area contributed by atoms with Crippen molar-refractivity contribution in [3.05, 3.63) is 48.0 Å². The molecule has 28 heavy (non-hydrogen) atoms. The third-order valence-electron chi connectivity index (χ3n) is 5.05. The Balaban J connectivity index is 1.31. The maximum absolute atomic E-state index is 11.2. The molecule has 1 fully saturated rings. The van der Waals surface area contributed by atoms with Gasteiger partial charge in [-0.05, 0) is 36.8 Å². The second-order valence-electron chi connectivity index (χ2n) is 7.32. The van der Waals surface area contributed by atoms with Gasteiger partial charge in [0.2, 0.25) is 5.91 Å². The molecule has 1 amide bonds. The fourth-order valence-electron chi connectivity index (χ4n) is 3.49. The number of rotatable bonds is 5. The highest BCUT2D eigenvalue weighted by molar-refractivity contribution is 5.73. The quantitative estimate of drug-likeness (QED) is 0.860. The highest BCUT2D eigenvalue weighted by Gasteiger charge is 2.29. The van der Waals surface area contributed by atoms with E-state index in [-0.39, 0.29) is 18.1 Å². The molecule has 4 rings (SSSR count). The average molecular weight is 382 g/mol. The Morgan fingerprint density at radius 3 is 2.54 bits per heavy atom. The molecule has 2 aliphatic heterocycles. The van der Waals surface area contributed by atoms with E-state index in [1.807, 2.05) is 37.3 Å². The van der Waals surface area contributed by atoms with Gasteiger partial charge in [-0.2, -0.15) is 0 Å². The zero-order chi connectivity index (χ0) is 19.5. The van der Waals surface area contributed by atoms with Crippen LogP contribution in [0.25, 0.3) is 0 Å². The van der Waals surface area contributed by atoms with E-state index in [1.54, 1.807) is 0 Å². The topological polar surface area (TPSA) is 60.0 Å².